The van der Waals surface area contributed by atoms with Crippen LogP contribution in [0.15, 0.2) is 0 Å². The molecule has 5 heteroatoms. The molecule has 0 amide bonds. The summed E-state index contributed by atoms with van der Waals surface area (Å²) in [6.07, 6.45) is 2.75. The highest BCUT2D eigenvalue weighted by Crippen LogP contribution is 2.70. The molecule has 3 fully saturated rings. The van der Waals surface area contributed by atoms with Crippen molar-refractivity contribution in [2.24, 2.45) is 17.8 Å². The average molecular weight is 243 g/mol. The Bertz CT molecular complexity index is 281. The van der Waals surface area contributed by atoms with Gasteiger partial charge in [0, 0.05) is 11.2 Å². The molecule has 80 valence electrons. The summed E-state index contributed by atoms with van der Waals surface area (Å²) in [6, 6.07) is 0. The van der Waals surface area contributed by atoms with Gasteiger partial charge in [-0.3, -0.25) is 0 Å². The number of hydrogen-bond acceptors (Lipinski definition) is 1. The molecule has 0 N–H and O–H groups in total. The molecule has 0 radical (unpaired) electrons. The van der Waals surface area contributed by atoms with E-state index in [0.717, 1.165) is 19.3 Å². The molecule has 3 rings (SSSR count). The first-order valence-electron chi connectivity index (χ1n) is 4.87. The minimum Gasteiger partial charge on any atom is -0.218 e. The molecule has 0 aromatic heterocycles. The number of alkyl halides is 4. The van der Waals surface area contributed by atoms with Gasteiger partial charge >= 0.3 is 5.25 Å². The van der Waals surface area contributed by atoms with Crippen molar-refractivity contribution >= 4 is 23.4 Å². The van der Waals surface area contributed by atoms with E-state index in [2.05, 4.69) is 0 Å². The van der Waals surface area contributed by atoms with Crippen molar-refractivity contribution in [2.45, 2.75) is 34.9 Å². The lowest BCUT2D eigenvalue weighted by Gasteiger charge is -2.29. The second-order valence-electron chi connectivity index (χ2n) is 4.58. The monoisotopic (exact) mass is 242 g/mol. The molecule has 0 aromatic rings. The maximum absolute atomic E-state index is 13.8. The van der Waals surface area contributed by atoms with Crippen LogP contribution in [0.2, 0.25) is 0 Å². The van der Waals surface area contributed by atoms with E-state index in [0.29, 0.717) is 11.8 Å². The minimum atomic E-state index is -3.40. The van der Waals surface area contributed by atoms with Crippen molar-refractivity contribution in [3.05, 3.63) is 0 Å². The van der Waals surface area contributed by atoms with Crippen molar-refractivity contribution in [2.75, 3.05) is 0 Å². The van der Waals surface area contributed by atoms with Crippen LogP contribution in [0.25, 0.3) is 0 Å². The van der Waals surface area contributed by atoms with E-state index >= 15 is 0 Å². The fraction of sp³-hybridized carbons (Fsp3) is 1.00. The predicted molar refractivity (Wildman–Crippen MR) is 50.3 cm³/mol. The molecule has 5 unspecified atom stereocenters. The van der Waals surface area contributed by atoms with Crippen LogP contribution in [-0.4, -0.2) is 15.6 Å². The summed E-state index contributed by atoms with van der Waals surface area (Å²) in [7, 11) is 0. The summed E-state index contributed by atoms with van der Waals surface area (Å²) < 4.78 is 40.3. The third kappa shape index (κ3) is 0.946. The fourth-order valence-electron chi connectivity index (χ4n) is 3.35. The number of thioether (sulfide) groups is 1. The molecule has 3 aliphatic rings. The van der Waals surface area contributed by atoms with Gasteiger partial charge in [0.15, 0.2) is 0 Å². The Morgan fingerprint density at radius 1 is 1.14 bits per heavy atom. The number of fused-ring (bicyclic) bond motifs is 5. The topological polar surface area (TPSA) is 0 Å². The zero-order valence-corrected chi connectivity index (χ0v) is 8.92. The first-order valence-corrected chi connectivity index (χ1v) is 6.13. The summed E-state index contributed by atoms with van der Waals surface area (Å²) >= 11 is 5.89. The van der Waals surface area contributed by atoms with Crippen LogP contribution in [0.1, 0.15) is 19.3 Å². The lowest BCUT2D eigenvalue weighted by atomic mass is 9.85. The van der Waals surface area contributed by atoms with Gasteiger partial charge in [-0.25, -0.2) is 4.39 Å². The first kappa shape index (κ1) is 9.64. The number of rotatable bonds is 0. The van der Waals surface area contributed by atoms with Crippen molar-refractivity contribution in [1.82, 2.24) is 0 Å². The molecule has 0 nitrogen and oxygen atoms in total. The van der Waals surface area contributed by atoms with E-state index < -0.39 is 16.3 Å². The van der Waals surface area contributed by atoms with E-state index in [1.165, 1.54) is 0 Å². The predicted octanol–water partition coefficient (Wildman–Crippen LogP) is 3.65. The van der Waals surface area contributed by atoms with E-state index in [9.17, 15) is 13.2 Å². The Labute approximate surface area is 89.6 Å². The van der Waals surface area contributed by atoms with Gasteiger partial charge in [0.1, 0.15) is 0 Å². The van der Waals surface area contributed by atoms with Crippen LogP contribution in [0.5, 0.6) is 0 Å². The van der Waals surface area contributed by atoms with Crippen molar-refractivity contribution < 1.29 is 13.2 Å². The molecular weight excluding hydrogens is 233 g/mol. The van der Waals surface area contributed by atoms with Gasteiger partial charge in [0.05, 0.1) is 0 Å². The summed E-state index contributed by atoms with van der Waals surface area (Å²) in [5, 5.41) is -6.45. The zero-order chi connectivity index (χ0) is 10.1. The van der Waals surface area contributed by atoms with Crippen molar-refractivity contribution in [3.8, 4) is 0 Å². The van der Waals surface area contributed by atoms with Crippen LogP contribution < -0.4 is 0 Å². The van der Waals surface area contributed by atoms with Gasteiger partial charge in [-0.2, -0.15) is 8.78 Å². The summed E-state index contributed by atoms with van der Waals surface area (Å²) in [4.78, 5) is 0. The average Bonchev–Trinajstić information content (AvgIpc) is 2.64. The van der Waals surface area contributed by atoms with Gasteiger partial charge < -0.3 is 0 Å². The highest BCUT2D eigenvalue weighted by molar-refractivity contribution is 8.01. The molecule has 0 spiro atoms. The Hall–Kier alpha value is 0.430. The zero-order valence-electron chi connectivity index (χ0n) is 7.35. The van der Waals surface area contributed by atoms with E-state index in [-0.39, 0.29) is 17.1 Å². The second kappa shape index (κ2) is 2.57. The Balaban J connectivity index is 2.00. The largest absolute Gasteiger partial charge is 0.341 e. The molecule has 0 aromatic carbocycles. The first-order chi connectivity index (χ1) is 6.43. The molecule has 5 atom stereocenters. The minimum absolute atomic E-state index is 0.0911. The van der Waals surface area contributed by atoms with Crippen LogP contribution >= 0.6 is 23.4 Å². The van der Waals surface area contributed by atoms with Gasteiger partial charge in [0.2, 0.25) is 0 Å². The molecule has 1 aliphatic heterocycles. The molecule has 14 heavy (non-hydrogen) atoms. The van der Waals surface area contributed by atoms with Crippen LogP contribution in [0.4, 0.5) is 13.2 Å². The summed E-state index contributed by atoms with van der Waals surface area (Å²) in [5.41, 5.74) is 0. The lowest BCUT2D eigenvalue weighted by molar-refractivity contribution is -0.0402. The number of halogens is 4. The van der Waals surface area contributed by atoms with Gasteiger partial charge in [-0.05, 0) is 31.1 Å². The van der Waals surface area contributed by atoms with Crippen LogP contribution in [-0.2, 0) is 0 Å². The van der Waals surface area contributed by atoms with Crippen LogP contribution in [0, 0.1) is 17.8 Å². The summed E-state index contributed by atoms with van der Waals surface area (Å²) in [5.74, 6) is -0.256. The highest BCUT2D eigenvalue weighted by Gasteiger charge is 2.74. The van der Waals surface area contributed by atoms with Gasteiger partial charge in [-0.1, -0.05) is 23.4 Å². The van der Waals surface area contributed by atoms with Gasteiger partial charge in [0.25, 0.3) is 5.13 Å². The molecular formula is C9H10ClF3S. The van der Waals surface area contributed by atoms with Crippen molar-refractivity contribution in [3.63, 3.8) is 0 Å². The van der Waals surface area contributed by atoms with E-state index in [4.69, 9.17) is 11.6 Å². The van der Waals surface area contributed by atoms with Gasteiger partial charge in [-0.15, -0.1) is 0 Å². The lowest BCUT2D eigenvalue weighted by Crippen LogP contribution is -2.40. The van der Waals surface area contributed by atoms with E-state index in [1.807, 2.05) is 0 Å². The molecule has 2 saturated carbocycles. The standard InChI is InChI=1S/C9H10ClF3S/c10-8(11)6-4-1-2-5(3-4)7(6)14-9(8,12)13/h4-7H,1-3H2. The van der Waals surface area contributed by atoms with Crippen molar-refractivity contribution in [1.29, 1.82) is 0 Å². The smallest absolute Gasteiger partial charge is 0.218 e. The third-order valence-corrected chi connectivity index (χ3v) is 6.08. The molecule has 2 aliphatic carbocycles. The Kier molecular flexibility index (Phi) is 1.77. The second-order valence-corrected chi connectivity index (χ2v) is 6.42. The van der Waals surface area contributed by atoms with E-state index in [1.54, 1.807) is 0 Å². The molecule has 1 saturated heterocycles. The Morgan fingerprint density at radius 2 is 1.79 bits per heavy atom. The van der Waals surface area contributed by atoms with Crippen LogP contribution in [0.3, 0.4) is 0 Å². The Morgan fingerprint density at radius 3 is 2.43 bits per heavy atom. The SMILES string of the molecule is FC1(F)SC2C3CCC(C3)C2C1(F)Cl. The maximum atomic E-state index is 13.8. The maximum Gasteiger partial charge on any atom is 0.341 e. The molecule has 2 bridgehead atoms. The normalized spacial score (nSPS) is 59.1. The fourth-order valence-corrected chi connectivity index (χ4v) is 5.51. The number of hydrogen-bond donors (Lipinski definition) is 0. The highest BCUT2D eigenvalue weighted by atomic mass is 35.5. The summed E-state index contributed by atoms with van der Waals surface area (Å²) in [6.45, 7) is 0. The quantitative estimate of drug-likeness (QED) is 0.585. The molecule has 1 heterocycles. The third-order valence-electron chi connectivity index (χ3n) is 3.93.